The Morgan fingerprint density at radius 3 is 2.65 bits per heavy atom. The van der Waals surface area contributed by atoms with Crippen LogP contribution in [0.1, 0.15) is 49.8 Å². The molecule has 1 heterocycles. The fourth-order valence-electron chi connectivity index (χ4n) is 2.57. The lowest BCUT2D eigenvalue weighted by atomic mass is 10.0. The zero-order chi connectivity index (χ0) is 14.8. The first-order valence-electron chi connectivity index (χ1n) is 6.85. The van der Waals surface area contributed by atoms with E-state index in [4.69, 9.17) is 11.6 Å². The van der Waals surface area contributed by atoms with Crippen LogP contribution in [0.4, 0.5) is 0 Å². The summed E-state index contributed by atoms with van der Waals surface area (Å²) in [5.41, 5.74) is 1.15. The van der Waals surface area contributed by atoms with Crippen LogP contribution in [0.15, 0.2) is 0 Å². The van der Waals surface area contributed by atoms with Crippen molar-refractivity contribution in [3.05, 3.63) is 16.4 Å². The van der Waals surface area contributed by atoms with Gasteiger partial charge in [-0.15, -0.1) is 0 Å². The van der Waals surface area contributed by atoms with Gasteiger partial charge in [0.25, 0.3) is 0 Å². The van der Waals surface area contributed by atoms with Crippen molar-refractivity contribution in [1.29, 1.82) is 5.26 Å². The first-order chi connectivity index (χ1) is 9.48. The van der Waals surface area contributed by atoms with Crippen molar-refractivity contribution in [2.75, 3.05) is 11.5 Å². The average molecular weight is 316 g/mol. The van der Waals surface area contributed by atoms with Crippen molar-refractivity contribution in [1.82, 2.24) is 9.78 Å². The summed E-state index contributed by atoms with van der Waals surface area (Å²) in [5, 5.41) is 13.9. The van der Waals surface area contributed by atoms with Crippen LogP contribution in [-0.4, -0.2) is 29.7 Å². The van der Waals surface area contributed by atoms with Gasteiger partial charge in [0.1, 0.15) is 16.8 Å². The highest BCUT2D eigenvalue weighted by Gasteiger charge is 2.26. The zero-order valence-corrected chi connectivity index (χ0v) is 13.0. The number of hydrogen-bond donors (Lipinski definition) is 0. The summed E-state index contributed by atoms with van der Waals surface area (Å²) in [4.78, 5) is 0. The van der Waals surface area contributed by atoms with Crippen molar-refractivity contribution >= 4 is 21.4 Å². The largest absolute Gasteiger partial charge is 0.251 e. The molecule has 0 unspecified atom stereocenters. The maximum absolute atomic E-state index is 11.6. The molecule has 1 saturated carbocycles. The van der Waals surface area contributed by atoms with E-state index < -0.39 is 9.84 Å². The summed E-state index contributed by atoms with van der Waals surface area (Å²) in [6, 6.07) is 2.11. The minimum atomic E-state index is -3.07. The maximum Gasteiger partial charge on any atom is 0.151 e. The molecule has 1 aromatic heterocycles. The molecule has 2 rings (SSSR count). The molecular formula is C13H18ClN3O2S. The number of halogens is 1. The summed E-state index contributed by atoms with van der Waals surface area (Å²) in [5.74, 6) is 0.387. The van der Waals surface area contributed by atoms with Gasteiger partial charge in [-0.05, 0) is 12.8 Å². The van der Waals surface area contributed by atoms with E-state index in [0.29, 0.717) is 5.56 Å². The van der Waals surface area contributed by atoms with E-state index in [1.54, 1.807) is 6.92 Å². The minimum absolute atomic E-state index is 0.000124. The van der Waals surface area contributed by atoms with Gasteiger partial charge in [0.2, 0.25) is 0 Å². The predicted molar refractivity (Wildman–Crippen MR) is 77.5 cm³/mol. The predicted octanol–water partition coefficient (Wildman–Crippen LogP) is 2.50. The molecule has 1 aliphatic rings. The molecule has 0 N–H and O–H groups in total. The zero-order valence-electron chi connectivity index (χ0n) is 11.5. The van der Waals surface area contributed by atoms with Crippen LogP contribution in [0.3, 0.4) is 0 Å². The molecule has 0 spiro atoms. The molecule has 0 atom stereocenters. The third kappa shape index (κ3) is 3.15. The van der Waals surface area contributed by atoms with Gasteiger partial charge >= 0.3 is 0 Å². The van der Waals surface area contributed by atoms with E-state index in [-0.39, 0.29) is 29.1 Å². The van der Waals surface area contributed by atoms with E-state index in [9.17, 15) is 13.7 Å². The fraction of sp³-hybridized carbons (Fsp3) is 0.692. The van der Waals surface area contributed by atoms with Gasteiger partial charge in [-0.3, -0.25) is 4.68 Å². The molecule has 5 nitrogen and oxygen atoms in total. The minimum Gasteiger partial charge on any atom is -0.251 e. The molecule has 7 heteroatoms. The molecule has 20 heavy (non-hydrogen) atoms. The summed E-state index contributed by atoms with van der Waals surface area (Å²) < 4.78 is 24.6. The highest BCUT2D eigenvalue weighted by atomic mass is 35.5. The van der Waals surface area contributed by atoms with E-state index >= 15 is 0 Å². The number of sulfone groups is 1. The highest BCUT2D eigenvalue weighted by Crippen LogP contribution is 2.36. The summed E-state index contributed by atoms with van der Waals surface area (Å²) >= 11 is 6.16. The van der Waals surface area contributed by atoms with Gasteiger partial charge in [0, 0.05) is 11.7 Å². The topological polar surface area (TPSA) is 75.8 Å². The lowest BCUT2D eigenvalue weighted by Crippen LogP contribution is -2.15. The molecule has 1 aliphatic carbocycles. The molecule has 0 radical (unpaired) electrons. The standard InChI is InChI=1S/C13H18ClN3O2S/c1-2-20(18,19)8-7-17-13(14)11(9-15)12(16-17)10-5-3-4-6-10/h10H,2-8H2,1H3. The highest BCUT2D eigenvalue weighted by molar-refractivity contribution is 7.91. The molecule has 110 valence electrons. The third-order valence-corrected chi connectivity index (χ3v) is 5.89. The fourth-order valence-corrected chi connectivity index (χ4v) is 3.57. The number of aryl methyl sites for hydroxylation is 1. The van der Waals surface area contributed by atoms with Gasteiger partial charge < -0.3 is 0 Å². The average Bonchev–Trinajstić information content (AvgIpc) is 3.04. The van der Waals surface area contributed by atoms with Gasteiger partial charge in [-0.1, -0.05) is 31.4 Å². The van der Waals surface area contributed by atoms with Gasteiger partial charge in [-0.2, -0.15) is 10.4 Å². The molecule has 1 fully saturated rings. The lowest BCUT2D eigenvalue weighted by Gasteiger charge is -2.05. The van der Waals surface area contributed by atoms with Gasteiger partial charge in [0.05, 0.1) is 18.0 Å². The normalized spacial score (nSPS) is 16.4. The number of nitrogens with zero attached hydrogens (tertiary/aromatic N) is 3. The van der Waals surface area contributed by atoms with Crippen molar-refractivity contribution in [3.63, 3.8) is 0 Å². The second-order valence-electron chi connectivity index (χ2n) is 5.10. The van der Waals surface area contributed by atoms with Crippen LogP contribution in [0.25, 0.3) is 0 Å². The van der Waals surface area contributed by atoms with Crippen LogP contribution in [0.2, 0.25) is 5.15 Å². The van der Waals surface area contributed by atoms with E-state index in [0.717, 1.165) is 31.4 Å². The second-order valence-corrected chi connectivity index (χ2v) is 7.93. The Labute approximate surface area is 124 Å². The molecule has 0 aliphatic heterocycles. The Morgan fingerprint density at radius 1 is 1.45 bits per heavy atom. The number of aromatic nitrogens is 2. The second kappa shape index (κ2) is 6.15. The Morgan fingerprint density at radius 2 is 2.10 bits per heavy atom. The Hall–Kier alpha value is -1.06. The van der Waals surface area contributed by atoms with Crippen LogP contribution >= 0.6 is 11.6 Å². The van der Waals surface area contributed by atoms with Crippen molar-refractivity contribution < 1.29 is 8.42 Å². The molecule has 1 aromatic rings. The van der Waals surface area contributed by atoms with Crippen LogP contribution < -0.4 is 0 Å². The molecule has 0 aromatic carbocycles. The Balaban J connectivity index is 2.24. The summed E-state index contributed by atoms with van der Waals surface area (Å²) in [6.07, 6.45) is 4.33. The van der Waals surface area contributed by atoms with E-state index in [2.05, 4.69) is 11.2 Å². The van der Waals surface area contributed by atoms with Crippen molar-refractivity contribution in [3.8, 4) is 6.07 Å². The molecular weight excluding hydrogens is 298 g/mol. The number of nitriles is 1. The summed E-state index contributed by atoms with van der Waals surface area (Å²) in [7, 11) is -3.07. The monoisotopic (exact) mass is 315 g/mol. The maximum atomic E-state index is 11.6. The van der Waals surface area contributed by atoms with E-state index in [1.807, 2.05) is 0 Å². The van der Waals surface area contributed by atoms with Crippen LogP contribution in [0, 0.1) is 11.3 Å². The first-order valence-corrected chi connectivity index (χ1v) is 9.05. The summed E-state index contributed by atoms with van der Waals surface area (Å²) in [6.45, 7) is 1.82. The first kappa shape index (κ1) is 15.3. The van der Waals surface area contributed by atoms with Crippen LogP contribution in [-0.2, 0) is 16.4 Å². The third-order valence-electron chi connectivity index (χ3n) is 3.83. The number of rotatable bonds is 5. The molecule has 0 saturated heterocycles. The quantitative estimate of drug-likeness (QED) is 0.836. The number of hydrogen-bond acceptors (Lipinski definition) is 4. The van der Waals surface area contributed by atoms with Crippen molar-refractivity contribution in [2.24, 2.45) is 0 Å². The Kier molecular flexibility index (Phi) is 4.71. The van der Waals surface area contributed by atoms with Gasteiger partial charge in [-0.25, -0.2) is 8.42 Å². The van der Waals surface area contributed by atoms with E-state index in [1.165, 1.54) is 4.68 Å². The van der Waals surface area contributed by atoms with Crippen LogP contribution in [0.5, 0.6) is 0 Å². The molecule has 0 amide bonds. The Bertz CT molecular complexity index is 625. The lowest BCUT2D eigenvalue weighted by molar-refractivity contribution is 0.575. The molecule has 0 bridgehead atoms. The SMILES string of the molecule is CCS(=O)(=O)CCn1nc(C2CCCC2)c(C#N)c1Cl. The van der Waals surface area contributed by atoms with Crippen molar-refractivity contribution in [2.45, 2.75) is 45.1 Å². The smallest absolute Gasteiger partial charge is 0.151 e. The van der Waals surface area contributed by atoms with Gasteiger partial charge in [0.15, 0.2) is 9.84 Å².